The van der Waals surface area contributed by atoms with Crippen molar-refractivity contribution in [1.29, 1.82) is 0 Å². The fourth-order valence-electron chi connectivity index (χ4n) is 2.99. The quantitative estimate of drug-likeness (QED) is 0.685. The zero-order valence-electron chi connectivity index (χ0n) is 12.0. The molecular formula is C15H31NO. The molecule has 0 amide bonds. The van der Waals surface area contributed by atoms with Gasteiger partial charge in [-0.15, -0.1) is 0 Å². The smallest absolute Gasteiger partial charge is 0.0616 e. The van der Waals surface area contributed by atoms with Gasteiger partial charge in [0.05, 0.1) is 6.61 Å². The molecule has 2 heteroatoms. The van der Waals surface area contributed by atoms with Gasteiger partial charge in [0.1, 0.15) is 0 Å². The van der Waals surface area contributed by atoms with Crippen LogP contribution in [0.1, 0.15) is 65.7 Å². The molecule has 1 N–H and O–H groups in total. The van der Waals surface area contributed by atoms with Gasteiger partial charge in [-0.25, -0.2) is 0 Å². The molecule has 0 aliphatic heterocycles. The molecule has 1 rings (SSSR count). The molecule has 0 saturated heterocycles. The molecule has 1 aliphatic carbocycles. The third kappa shape index (κ3) is 6.42. The molecule has 3 atom stereocenters. The van der Waals surface area contributed by atoms with E-state index in [1.165, 1.54) is 44.9 Å². The van der Waals surface area contributed by atoms with Gasteiger partial charge in [-0.3, -0.25) is 0 Å². The second-order valence-corrected chi connectivity index (χ2v) is 5.59. The number of hydrogen-bond acceptors (Lipinski definition) is 2. The number of rotatable bonds is 7. The first-order valence-electron chi connectivity index (χ1n) is 7.60. The Labute approximate surface area is 108 Å². The van der Waals surface area contributed by atoms with E-state index in [-0.39, 0.29) is 0 Å². The van der Waals surface area contributed by atoms with Crippen molar-refractivity contribution in [2.45, 2.75) is 77.8 Å². The molecule has 0 radical (unpaired) electrons. The summed E-state index contributed by atoms with van der Waals surface area (Å²) in [4.78, 5) is 0. The molecule has 0 aromatic rings. The fourth-order valence-corrected chi connectivity index (χ4v) is 2.99. The minimum atomic E-state index is 0.502. The van der Waals surface area contributed by atoms with Crippen LogP contribution >= 0.6 is 0 Å². The van der Waals surface area contributed by atoms with Crippen LogP contribution in [0.5, 0.6) is 0 Å². The minimum absolute atomic E-state index is 0.502. The molecule has 17 heavy (non-hydrogen) atoms. The number of nitrogens with one attached hydrogen (secondary N) is 1. The average molecular weight is 241 g/mol. The molecule has 102 valence electrons. The summed E-state index contributed by atoms with van der Waals surface area (Å²) in [7, 11) is 0. The molecule has 2 nitrogen and oxygen atoms in total. The normalized spacial score (nSPS) is 27.7. The second-order valence-electron chi connectivity index (χ2n) is 5.59. The van der Waals surface area contributed by atoms with E-state index in [1.54, 1.807) is 0 Å². The van der Waals surface area contributed by atoms with E-state index in [0.717, 1.165) is 25.2 Å². The zero-order chi connectivity index (χ0) is 12.5. The van der Waals surface area contributed by atoms with Gasteiger partial charge in [0.2, 0.25) is 0 Å². The largest absolute Gasteiger partial charge is 0.380 e. The van der Waals surface area contributed by atoms with Crippen molar-refractivity contribution < 1.29 is 4.74 Å². The zero-order valence-corrected chi connectivity index (χ0v) is 12.0. The lowest BCUT2D eigenvalue weighted by atomic mass is 9.95. The fraction of sp³-hybridized carbons (Fsp3) is 1.00. The molecule has 0 bridgehead atoms. The van der Waals surface area contributed by atoms with Gasteiger partial charge in [0.15, 0.2) is 0 Å². The maximum atomic E-state index is 5.47. The summed E-state index contributed by atoms with van der Waals surface area (Å²) in [6.07, 6.45) is 9.78. The van der Waals surface area contributed by atoms with Gasteiger partial charge < -0.3 is 10.1 Å². The highest BCUT2D eigenvalue weighted by Crippen LogP contribution is 2.26. The minimum Gasteiger partial charge on any atom is -0.380 e. The Bertz CT molecular complexity index is 184. The summed E-state index contributed by atoms with van der Waals surface area (Å²) >= 11 is 0. The molecule has 1 aliphatic rings. The van der Waals surface area contributed by atoms with E-state index in [1.807, 2.05) is 0 Å². The molecule has 1 saturated carbocycles. The van der Waals surface area contributed by atoms with E-state index in [9.17, 15) is 0 Å². The Morgan fingerprint density at radius 3 is 2.71 bits per heavy atom. The van der Waals surface area contributed by atoms with Gasteiger partial charge in [-0.2, -0.15) is 0 Å². The van der Waals surface area contributed by atoms with Crippen molar-refractivity contribution in [1.82, 2.24) is 5.32 Å². The Kier molecular flexibility index (Phi) is 7.87. The third-order valence-corrected chi connectivity index (χ3v) is 3.88. The monoisotopic (exact) mass is 241 g/mol. The number of hydrogen-bond donors (Lipinski definition) is 1. The Hall–Kier alpha value is -0.0800. The van der Waals surface area contributed by atoms with Gasteiger partial charge >= 0.3 is 0 Å². The van der Waals surface area contributed by atoms with E-state index >= 15 is 0 Å². The van der Waals surface area contributed by atoms with Crippen LogP contribution in [-0.4, -0.2) is 25.3 Å². The standard InChI is InChI=1S/C15H31NO/c1-4-7-14-8-6-9-15(11-10-14)16-13(3)12-17-5-2/h13-16H,4-12H2,1-3H3. The SMILES string of the molecule is CCCC1CCCC(NC(C)COCC)CC1. The van der Waals surface area contributed by atoms with Crippen LogP contribution in [0.15, 0.2) is 0 Å². The molecular weight excluding hydrogens is 210 g/mol. The van der Waals surface area contributed by atoms with Crippen LogP contribution < -0.4 is 5.32 Å². The first kappa shape index (κ1) is 15.0. The summed E-state index contributed by atoms with van der Waals surface area (Å²) in [5, 5.41) is 3.73. The Morgan fingerprint density at radius 1 is 1.18 bits per heavy atom. The average Bonchev–Trinajstić information content (AvgIpc) is 2.53. The molecule has 0 spiro atoms. The summed E-state index contributed by atoms with van der Waals surface area (Å²) in [5.41, 5.74) is 0. The first-order valence-corrected chi connectivity index (χ1v) is 7.60. The lowest BCUT2D eigenvalue weighted by Crippen LogP contribution is -2.39. The van der Waals surface area contributed by atoms with E-state index in [4.69, 9.17) is 4.74 Å². The molecule has 0 heterocycles. The van der Waals surface area contributed by atoms with Crippen LogP contribution in [0.3, 0.4) is 0 Å². The summed E-state index contributed by atoms with van der Waals surface area (Å²) in [5.74, 6) is 0.994. The van der Waals surface area contributed by atoms with Crippen LogP contribution in [0.25, 0.3) is 0 Å². The predicted molar refractivity (Wildman–Crippen MR) is 74.4 cm³/mol. The topological polar surface area (TPSA) is 21.3 Å². The van der Waals surface area contributed by atoms with Gasteiger partial charge in [-0.05, 0) is 39.0 Å². The summed E-state index contributed by atoms with van der Waals surface area (Å²) in [6, 6.07) is 1.23. The predicted octanol–water partition coefficient (Wildman–Crippen LogP) is 3.75. The molecule has 0 aromatic heterocycles. The molecule has 1 fully saturated rings. The van der Waals surface area contributed by atoms with Crippen LogP contribution in [0, 0.1) is 5.92 Å². The van der Waals surface area contributed by atoms with Crippen LogP contribution in [0.2, 0.25) is 0 Å². The van der Waals surface area contributed by atoms with Gasteiger partial charge in [-0.1, -0.05) is 32.6 Å². The number of ether oxygens (including phenoxy) is 1. The Morgan fingerprint density at radius 2 is 2.00 bits per heavy atom. The van der Waals surface area contributed by atoms with E-state index in [0.29, 0.717) is 6.04 Å². The van der Waals surface area contributed by atoms with Crippen molar-refractivity contribution in [3.63, 3.8) is 0 Å². The van der Waals surface area contributed by atoms with Crippen molar-refractivity contribution in [3.05, 3.63) is 0 Å². The highest BCUT2D eigenvalue weighted by atomic mass is 16.5. The highest BCUT2D eigenvalue weighted by Gasteiger charge is 2.19. The van der Waals surface area contributed by atoms with Gasteiger partial charge in [0.25, 0.3) is 0 Å². The highest BCUT2D eigenvalue weighted by molar-refractivity contribution is 4.77. The van der Waals surface area contributed by atoms with Crippen molar-refractivity contribution in [3.8, 4) is 0 Å². The van der Waals surface area contributed by atoms with E-state index in [2.05, 4.69) is 26.1 Å². The second kappa shape index (κ2) is 8.93. The van der Waals surface area contributed by atoms with Crippen LogP contribution in [-0.2, 0) is 4.74 Å². The summed E-state index contributed by atoms with van der Waals surface area (Å²) < 4.78 is 5.47. The maximum absolute atomic E-state index is 5.47. The maximum Gasteiger partial charge on any atom is 0.0616 e. The van der Waals surface area contributed by atoms with Crippen molar-refractivity contribution in [2.75, 3.05) is 13.2 Å². The molecule has 0 aromatic carbocycles. The van der Waals surface area contributed by atoms with Crippen LogP contribution in [0.4, 0.5) is 0 Å². The first-order chi connectivity index (χ1) is 8.26. The van der Waals surface area contributed by atoms with Gasteiger partial charge in [0, 0.05) is 18.7 Å². The Balaban J connectivity index is 2.21. The molecule has 3 unspecified atom stereocenters. The summed E-state index contributed by atoms with van der Waals surface area (Å²) in [6.45, 7) is 8.29. The van der Waals surface area contributed by atoms with Crippen molar-refractivity contribution in [2.24, 2.45) is 5.92 Å². The lowest BCUT2D eigenvalue weighted by Gasteiger charge is -2.22. The lowest BCUT2D eigenvalue weighted by molar-refractivity contribution is 0.122. The third-order valence-electron chi connectivity index (χ3n) is 3.88. The van der Waals surface area contributed by atoms with Crippen molar-refractivity contribution >= 4 is 0 Å². The van der Waals surface area contributed by atoms with E-state index < -0.39 is 0 Å².